The topological polar surface area (TPSA) is 40.5 Å². The molecule has 0 aromatic rings. The van der Waals surface area contributed by atoms with E-state index in [9.17, 15) is 9.90 Å². The number of nitrogens with zero attached hydrogens (tertiary/aromatic N) is 1. The summed E-state index contributed by atoms with van der Waals surface area (Å²) in [6.45, 7) is 11.8. The van der Waals surface area contributed by atoms with Gasteiger partial charge in [-0.2, -0.15) is 0 Å². The Labute approximate surface area is 189 Å². The van der Waals surface area contributed by atoms with Crippen LogP contribution in [0.25, 0.3) is 0 Å². The van der Waals surface area contributed by atoms with E-state index in [0.29, 0.717) is 35.5 Å². The third-order valence-electron chi connectivity index (χ3n) is 12.1. The highest BCUT2D eigenvalue weighted by molar-refractivity contribution is 5.83. The van der Waals surface area contributed by atoms with Crippen LogP contribution in [0.2, 0.25) is 0 Å². The van der Waals surface area contributed by atoms with E-state index >= 15 is 0 Å². The van der Waals surface area contributed by atoms with Gasteiger partial charge in [0.2, 0.25) is 0 Å². The molecular formula is C28H45NO2. The van der Waals surface area contributed by atoms with Gasteiger partial charge < -0.3 is 5.11 Å². The number of fused-ring (bicyclic) bond motifs is 8. The third kappa shape index (κ3) is 2.94. The van der Waals surface area contributed by atoms with Crippen molar-refractivity contribution in [3.05, 3.63) is 0 Å². The Morgan fingerprint density at radius 1 is 0.839 bits per heavy atom. The maximum atomic E-state index is 13.4. The number of Topliss-reactive ketones (excluding diaryl/α,β-unsaturated/α-hetero) is 1. The number of piperidine rings is 2. The molecule has 6 rings (SSSR count). The molecule has 31 heavy (non-hydrogen) atoms. The Bertz CT molecular complexity index is 747. The second kappa shape index (κ2) is 7.05. The van der Waals surface area contributed by atoms with Crippen LogP contribution in [0.15, 0.2) is 0 Å². The van der Waals surface area contributed by atoms with Gasteiger partial charge in [0.25, 0.3) is 0 Å². The Kier molecular flexibility index (Phi) is 4.81. The quantitative estimate of drug-likeness (QED) is 0.580. The van der Waals surface area contributed by atoms with Gasteiger partial charge in [-0.05, 0) is 105 Å². The summed E-state index contributed by atoms with van der Waals surface area (Å²) in [4.78, 5) is 16.1. The van der Waals surface area contributed by atoms with Crippen LogP contribution in [-0.2, 0) is 4.79 Å². The van der Waals surface area contributed by atoms with Crippen molar-refractivity contribution in [2.45, 2.75) is 97.1 Å². The van der Waals surface area contributed by atoms with E-state index in [1.54, 1.807) is 0 Å². The molecule has 0 amide bonds. The molecule has 0 radical (unpaired) electrons. The van der Waals surface area contributed by atoms with E-state index < -0.39 is 5.60 Å². The van der Waals surface area contributed by atoms with Gasteiger partial charge in [0, 0.05) is 31.5 Å². The number of hydrogen-bond donors (Lipinski definition) is 1. The molecule has 3 heteroatoms. The molecule has 0 aromatic carbocycles. The second-order valence-electron chi connectivity index (χ2n) is 13.7. The summed E-state index contributed by atoms with van der Waals surface area (Å²) in [5.41, 5.74) is -0.289. The Morgan fingerprint density at radius 2 is 1.65 bits per heavy atom. The summed E-state index contributed by atoms with van der Waals surface area (Å²) in [6.07, 6.45) is 10.8. The van der Waals surface area contributed by atoms with E-state index in [0.717, 1.165) is 42.4 Å². The van der Waals surface area contributed by atoms with Crippen molar-refractivity contribution in [3.63, 3.8) is 0 Å². The third-order valence-corrected chi connectivity index (χ3v) is 12.1. The second-order valence-corrected chi connectivity index (χ2v) is 13.7. The molecule has 3 nitrogen and oxygen atoms in total. The SMILES string of the molecule is C[C@H]1CC[C@@]2(C)[C@H](C1)C(=O)C[C@H]1[C@H]3CC[C@@H]4[C@H](CN5C[C@@H](C)CC[C@@H]5[C@@]4(C)O)[C@H]3C[C@@H]12. The number of rotatable bonds is 0. The largest absolute Gasteiger partial charge is 0.388 e. The minimum Gasteiger partial charge on any atom is -0.388 e. The molecule has 1 N–H and O–H groups in total. The van der Waals surface area contributed by atoms with Crippen molar-refractivity contribution >= 4 is 5.78 Å². The summed E-state index contributed by atoms with van der Waals surface area (Å²) in [7, 11) is 0. The summed E-state index contributed by atoms with van der Waals surface area (Å²) in [5.74, 6) is 6.39. The van der Waals surface area contributed by atoms with E-state index in [1.165, 1.54) is 58.0 Å². The van der Waals surface area contributed by atoms with E-state index in [1.807, 2.05) is 0 Å². The Balaban J connectivity index is 1.31. The van der Waals surface area contributed by atoms with Crippen LogP contribution >= 0.6 is 0 Å². The minimum atomic E-state index is -0.537. The lowest BCUT2D eigenvalue weighted by atomic mass is 9.51. The number of carbonyl (C=O) groups is 1. The lowest BCUT2D eigenvalue weighted by Gasteiger charge is -2.59. The van der Waals surface area contributed by atoms with Crippen LogP contribution in [0.4, 0.5) is 0 Å². The summed E-state index contributed by atoms with van der Waals surface area (Å²) in [6, 6.07) is 0.369. The first-order valence-corrected chi connectivity index (χ1v) is 13.7. The van der Waals surface area contributed by atoms with Crippen LogP contribution in [-0.4, -0.2) is 40.5 Å². The predicted molar refractivity (Wildman–Crippen MR) is 123 cm³/mol. The summed E-state index contributed by atoms with van der Waals surface area (Å²) < 4.78 is 0. The summed E-state index contributed by atoms with van der Waals surface area (Å²) >= 11 is 0. The normalized spacial score (nSPS) is 59.2. The zero-order valence-electron chi connectivity index (χ0n) is 20.4. The van der Waals surface area contributed by atoms with Crippen molar-refractivity contribution in [1.29, 1.82) is 0 Å². The molecule has 0 unspecified atom stereocenters. The molecule has 12 atom stereocenters. The van der Waals surface area contributed by atoms with Gasteiger partial charge in [-0.1, -0.05) is 27.2 Å². The van der Waals surface area contributed by atoms with Crippen LogP contribution in [0.5, 0.6) is 0 Å². The number of aliphatic hydroxyl groups is 1. The average molecular weight is 428 g/mol. The lowest BCUT2D eigenvalue weighted by molar-refractivity contribution is -0.175. The molecular weight excluding hydrogens is 382 g/mol. The first-order valence-electron chi connectivity index (χ1n) is 13.7. The minimum absolute atomic E-state index is 0.249. The fourth-order valence-corrected chi connectivity index (χ4v) is 10.6. The fourth-order valence-electron chi connectivity index (χ4n) is 10.6. The zero-order valence-corrected chi connectivity index (χ0v) is 20.4. The van der Waals surface area contributed by atoms with Gasteiger partial charge in [-0.25, -0.2) is 0 Å². The van der Waals surface area contributed by atoms with Crippen molar-refractivity contribution in [3.8, 4) is 0 Å². The van der Waals surface area contributed by atoms with Gasteiger partial charge >= 0.3 is 0 Å². The first-order chi connectivity index (χ1) is 14.7. The van der Waals surface area contributed by atoms with Gasteiger partial charge in [0.05, 0.1) is 5.60 Å². The van der Waals surface area contributed by atoms with Crippen molar-refractivity contribution in [1.82, 2.24) is 4.90 Å². The van der Waals surface area contributed by atoms with Crippen molar-refractivity contribution < 1.29 is 9.90 Å². The highest BCUT2D eigenvalue weighted by Gasteiger charge is 2.64. The number of hydrogen-bond acceptors (Lipinski definition) is 3. The van der Waals surface area contributed by atoms with Crippen LogP contribution in [0.1, 0.15) is 85.5 Å². The fraction of sp³-hybridized carbons (Fsp3) is 0.964. The maximum absolute atomic E-state index is 13.4. The highest BCUT2D eigenvalue weighted by Crippen LogP contribution is 2.67. The molecule has 6 fully saturated rings. The van der Waals surface area contributed by atoms with Crippen LogP contribution in [0, 0.1) is 58.7 Å². The predicted octanol–water partition coefficient (Wildman–Crippen LogP) is 5.16. The Hall–Kier alpha value is -0.410. The lowest BCUT2D eigenvalue weighted by Crippen LogP contribution is -2.67. The summed E-state index contributed by atoms with van der Waals surface area (Å²) in [5, 5.41) is 11.8. The maximum Gasteiger partial charge on any atom is 0.136 e. The molecule has 0 bridgehead atoms. The number of carbonyl (C=O) groups excluding carboxylic acids is 1. The molecule has 2 heterocycles. The standard InChI is InChI=1S/C28H45NO2/c1-16-9-10-27(3)23-12-19-18(20(23)13-25(30)24(27)11-16)6-7-22-21(19)15-29-14-17(2)5-8-26(29)28(22,4)31/h16-24,26,31H,5-15H2,1-4H3/t16-,17-,18-,19-,20-,21+,22+,23-,24+,26+,27+,28-/m0/s1. The van der Waals surface area contributed by atoms with E-state index in [2.05, 4.69) is 32.6 Å². The van der Waals surface area contributed by atoms with Crippen LogP contribution in [0.3, 0.4) is 0 Å². The van der Waals surface area contributed by atoms with Gasteiger partial charge in [-0.15, -0.1) is 0 Å². The zero-order chi connectivity index (χ0) is 21.7. The molecule has 174 valence electrons. The van der Waals surface area contributed by atoms with Gasteiger partial charge in [0.15, 0.2) is 0 Å². The van der Waals surface area contributed by atoms with Gasteiger partial charge in [-0.3, -0.25) is 9.69 Å². The number of ketones is 1. The molecule has 2 saturated heterocycles. The highest BCUT2D eigenvalue weighted by atomic mass is 16.3. The smallest absolute Gasteiger partial charge is 0.136 e. The molecule has 2 aliphatic heterocycles. The monoisotopic (exact) mass is 427 g/mol. The first kappa shape index (κ1) is 21.1. The molecule has 4 aliphatic carbocycles. The molecule has 0 aromatic heterocycles. The molecule has 4 saturated carbocycles. The van der Waals surface area contributed by atoms with Gasteiger partial charge in [0.1, 0.15) is 5.78 Å². The van der Waals surface area contributed by atoms with Crippen LogP contribution < -0.4 is 0 Å². The van der Waals surface area contributed by atoms with E-state index in [4.69, 9.17) is 0 Å². The molecule has 0 spiro atoms. The average Bonchev–Trinajstić information content (AvgIpc) is 3.09. The van der Waals surface area contributed by atoms with Crippen molar-refractivity contribution in [2.75, 3.05) is 13.1 Å². The van der Waals surface area contributed by atoms with Crippen molar-refractivity contribution in [2.24, 2.45) is 58.7 Å². The Morgan fingerprint density at radius 3 is 2.45 bits per heavy atom. The molecule has 6 aliphatic rings. The van der Waals surface area contributed by atoms with E-state index in [-0.39, 0.29) is 5.41 Å².